The number of H-pyrrole nitrogens is 1. The number of aromatic amines is 1. The van der Waals surface area contributed by atoms with E-state index in [2.05, 4.69) is 10.3 Å². The minimum absolute atomic E-state index is 0.0548. The van der Waals surface area contributed by atoms with Gasteiger partial charge >= 0.3 is 6.09 Å². The van der Waals surface area contributed by atoms with E-state index in [1.807, 2.05) is 20.8 Å². The van der Waals surface area contributed by atoms with Crippen molar-refractivity contribution in [2.45, 2.75) is 58.1 Å². The summed E-state index contributed by atoms with van der Waals surface area (Å²) in [5, 5.41) is 3.20. The fourth-order valence-corrected chi connectivity index (χ4v) is 3.26. The fourth-order valence-electron chi connectivity index (χ4n) is 3.26. The van der Waals surface area contributed by atoms with Gasteiger partial charge in [-0.3, -0.25) is 4.79 Å². The summed E-state index contributed by atoms with van der Waals surface area (Å²) in [4.78, 5) is 33.9. The fraction of sp³-hybridized carbons (Fsp3) is 0.706. The van der Waals surface area contributed by atoms with E-state index in [4.69, 9.17) is 9.72 Å². The zero-order valence-electron chi connectivity index (χ0n) is 14.6. The number of hydrogen-bond acceptors (Lipinski definition) is 5. The maximum atomic E-state index is 12.3. The average Bonchev–Trinajstić information content (AvgIpc) is 2.53. The van der Waals surface area contributed by atoms with Crippen LogP contribution >= 0.6 is 0 Å². The SMILES string of the molecule is CC(C)(C)OC(=O)N1CCCC(c2nc3c(c(=O)[nH]2)CNCC3)C1. The Hall–Kier alpha value is -1.89. The third-order valence-corrected chi connectivity index (χ3v) is 4.42. The number of amides is 1. The molecule has 1 aromatic heterocycles. The zero-order chi connectivity index (χ0) is 17.3. The Bertz CT molecular complexity index is 677. The normalized spacial score (nSPS) is 21.3. The first-order valence-electron chi connectivity index (χ1n) is 8.64. The standard InChI is InChI=1S/C17H26N4O3/c1-17(2,3)24-16(23)21-8-4-5-11(10-21)14-19-13-6-7-18-9-12(13)15(22)20-14/h11,18H,4-10H2,1-3H3,(H,19,20,22). The summed E-state index contributed by atoms with van der Waals surface area (Å²) >= 11 is 0. The molecule has 1 fully saturated rings. The molecular weight excluding hydrogens is 308 g/mol. The third-order valence-electron chi connectivity index (χ3n) is 4.42. The number of nitrogens with one attached hydrogen (secondary N) is 2. The predicted octanol–water partition coefficient (Wildman–Crippen LogP) is 1.53. The monoisotopic (exact) mass is 334 g/mol. The zero-order valence-corrected chi connectivity index (χ0v) is 14.6. The number of carbonyl (C=O) groups is 1. The molecule has 1 saturated heterocycles. The summed E-state index contributed by atoms with van der Waals surface area (Å²) in [5.41, 5.74) is 1.07. The van der Waals surface area contributed by atoms with Crippen molar-refractivity contribution in [3.05, 3.63) is 27.4 Å². The lowest BCUT2D eigenvalue weighted by molar-refractivity contribution is 0.0196. The lowest BCUT2D eigenvalue weighted by Gasteiger charge is -2.34. The Morgan fingerprint density at radius 3 is 2.92 bits per heavy atom. The van der Waals surface area contributed by atoms with E-state index in [1.54, 1.807) is 4.90 Å². The molecule has 0 bridgehead atoms. The highest BCUT2D eigenvalue weighted by Gasteiger charge is 2.30. The van der Waals surface area contributed by atoms with Crippen LogP contribution in [0.2, 0.25) is 0 Å². The van der Waals surface area contributed by atoms with E-state index in [1.165, 1.54) is 0 Å². The molecule has 1 aromatic rings. The number of fused-ring (bicyclic) bond motifs is 1. The van der Waals surface area contributed by atoms with Gasteiger partial charge in [-0.25, -0.2) is 9.78 Å². The van der Waals surface area contributed by atoms with Crippen LogP contribution in [-0.4, -0.2) is 46.2 Å². The maximum Gasteiger partial charge on any atom is 0.410 e. The molecule has 0 saturated carbocycles. The smallest absolute Gasteiger partial charge is 0.410 e. The number of piperidine rings is 1. The molecule has 7 nitrogen and oxygen atoms in total. The van der Waals surface area contributed by atoms with Gasteiger partial charge in [0, 0.05) is 38.5 Å². The van der Waals surface area contributed by atoms with E-state index in [0.717, 1.165) is 37.1 Å². The van der Waals surface area contributed by atoms with Crippen molar-refractivity contribution in [2.75, 3.05) is 19.6 Å². The molecule has 7 heteroatoms. The van der Waals surface area contributed by atoms with Crippen molar-refractivity contribution in [2.24, 2.45) is 0 Å². The highest BCUT2D eigenvalue weighted by Crippen LogP contribution is 2.26. The summed E-state index contributed by atoms with van der Waals surface area (Å²) in [6.07, 6.45) is 2.28. The van der Waals surface area contributed by atoms with Crippen LogP contribution in [0.5, 0.6) is 0 Å². The minimum atomic E-state index is -0.505. The van der Waals surface area contributed by atoms with Gasteiger partial charge in [0.2, 0.25) is 0 Å². The van der Waals surface area contributed by atoms with Gasteiger partial charge in [-0.2, -0.15) is 0 Å². The highest BCUT2D eigenvalue weighted by atomic mass is 16.6. The Kier molecular flexibility index (Phi) is 4.62. The molecule has 3 heterocycles. The van der Waals surface area contributed by atoms with Crippen LogP contribution in [0.25, 0.3) is 0 Å². The van der Waals surface area contributed by atoms with Crippen LogP contribution < -0.4 is 10.9 Å². The number of hydrogen-bond donors (Lipinski definition) is 2. The molecule has 24 heavy (non-hydrogen) atoms. The first-order chi connectivity index (χ1) is 11.3. The van der Waals surface area contributed by atoms with Crippen LogP contribution in [0.4, 0.5) is 4.79 Å². The molecule has 2 aliphatic rings. The van der Waals surface area contributed by atoms with Gasteiger partial charge in [0.1, 0.15) is 11.4 Å². The van der Waals surface area contributed by atoms with Crippen molar-refractivity contribution in [3.63, 3.8) is 0 Å². The predicted molar refractivity (Wildman–Crippen MR) is 90.1 cm³/mol. The molecular formula is C17H26N4O3. The lowest BCUT2D eigenvalue weighted by Crippen LogP contribution is -2.43. The number of ether oxygens (including phenoxy) is 1. The van der Waals surface area contributed by atoms with Crippen molar-refractivity contribution in [1.82, 2.24) is 20.2 Å². The van der Waals surface area contributed by atoms with Crippen molar-refractivity contribution in [1.29, 1.82) is 0 Å². The molecule has 2 N–H and O–H groups in total. The van der Waals surface area contributed by atoms with Gasteiger partial charge in [-0.1, -0.05) is 0 Å². The second kappa shape index (κ2) is 6.55. The van der Waals surface area contributed by atoms with Gasteiger partial charge in [0.05, 0.1) is 11.3 Å². The van der Waals surface area contributed by atoms with Crippen LogP contribution in [0.15, 0.2) is 4.79 Å². The van der Waals surface area contributed by atoms with Crippen LogP contribution in [0.3, 0.4) is 0 Å². The molecule has 0 spiro atoms. The van der Waals surface area contributed by atoms with Crippen molar-refractivity contribution in [3.8, 4) is 0 Å². The maximum absolute atomic E-state index is 12.3. The molecule has 132 valence electrons. The van der Waals surface area contributed by atoms with E-state index in [-0.39, 0.29) is 17.6 Å². The number of carbonyl (C=O) groups excluding carboxylic acids is 1. The summed E-state index contributed by atoms with van der Waals surface area (Å²) in [6, 6.07) is 0. The first-order valence-corrected chi connectivity index (χ1v) is 8.64. The number of likely N-dealkylation sites (tertiary alicyclic amines) is 1. The molecule has 3 rings (SSSR count). The third kappa shape index (κ3) is 3.77. The van der Waals surface area contributed by atoms with E-state index < -0.39 is 5.60 Å². The summed E-state index contributed by atoms with van der Waals surface area (Å²) in [7, 11) is 0. The second-order valence-corrected chi connectivity index (χ2v) is 7.57. The molecule has 1 unspecified atom stereocenters. The highest BCUT2D eigenvalue weighted by molar-refractivity contribution is 5.68. The van der Waals surface area contributed by atoms with E-state index in [0.29, 0.717) is 25.5 Å². The van der Waals surface area contributed by atoms with Crippen molar-refractivity contribution >= 4 is 6.09 Å². The summed E-state index contributed by atoms with van der Waals surface area (Å²) < 4.78 is 5.46. The van der Waals surface area contributed by atoms with Gasteiger partial charge in [-0.15, -0.1) is 0 Å². The topological polar surface area (TPSA) is 87.3 Å². The Morgan fingerprint density at radius 2 is 2.17 bits per heavy atom. The van der Waals surface area contributed by atoms with Crippen molar-refractivity contribution < 1.29 is 9.53 Å². The Labute approximate surface area is 141 Å². The lowest BCUT2D eigenvalue weighted by atomic mass is 9.96. The molecule has 0 aliphatic carbocycles. The van der Waals surface area contributed by atoms with Crippen LogP contribution in [0, 0.1) is 0 Å². The Balaban J connectivity index is 1.76. The molecule has 1 atom stereocenters. The van der Waals surface area contributed by atoms with E-state index >= 15 is 0 Å². The van der Waals surface area contributed by atoms with E-state index in [9.17, 15) is 9.59 Å². The van der Waals surface area contributed by atoms with Crippen LogP contribution in [0.1, 0.15) is 56.6 Å². The largest absolute Gasteiger partial charge is 0.444 e. The summed E-state index contributed by atoms with van der Waals surface area (Å²) in [6.45, 7) is 8.23. The quantitative estimate of drug-likeness (QED) is 0.813. The molecule has 1 amide bonds. The molecule has 0 aromatic carbocycles. The van der Waals surface area contributed by atoms with Gasteiger partial charge < -0.3 is 19.9 Å². The number of aromatic nitrogens is 2. The van der Waals surface area contributed by atoms with Gasteiger partial charge in [0.15, 0.2) is 0 Å². The minimum Gasteiger partial charge on any atom is -0.444 e. The first kappa shape index (κ1) is 17.0. The van der Waals surface area contributed by atoms with Crippen LogP contribution in [-0.2, 0) is 17.7 Å². The average molecular weight is 334 g/mol. The van der Waals surface area contributed by atoms with Gasteiger partial charge in [0.25, 0.3) is 5.56 Å². The molecule has 2 aliphatic heterocycles. The summed E-state index contributed by atoms with van der Waals surface area (Å²) in [5.74, 6) is 0.757. The molecule has 0 radical (unpaired) electrons. The Morgan fingerprint density at radius 1 is 1.38 bits per heavy atom. The number of rotatable bonds is 1. The second-order valence-electron chi connectivity index (χ2n) is 7.57. The van der Waals surface area contributed by atoms with Gasteiger partial charge in [-0.05, 0) is 33.6 Å². The number of nitrogens with zero attached hydrogens (tertiary/aromatic N) is 2.